The summed E-state index contributed by atoms with van der Waals surface area (Å²) in [6.45, 7) is 10.1. The molecule has 0 aromatic heterocycles. The Bertz CT molecular complexity index is 1210. The predicted octanol–water partition coefficient (Wildman–Crippen LogP) is 4.36. The zero-order valence-electron chi connectivity index (χ0n) is 26.0. The molecule has 0 spiro atoms. The number of allylic oxidation sites excluding steroid dienone is 4. The summed E-state index contributed by atoms with van der Waals surface area (Å²) in [4.78, 5) is 49.4. The molecule has 0 unspecified atom stereocenters. The lowest BCUT2D eigenvalue weighted by Gasteiger charge is -2.62. The molecule has 0 aliphatic heterocycles. The Labute approximate surface area is 252 Å². The number of carbonyl (C=O) groups is 4. The number of hydrogen-bond acceptors (Lipinski definition) is 9. The minimum Gasteiger partial charge on any atom is -0.444 e. The van der Waals surface area contributed by atoms with Crippen LogP contribution in [0.3, 0.4) is 0 Å². The van der Waals surface area contributed by atoms with Gasteiger partial charge in [0.1, 0.15) is 11.2 Å². The van der Waals surface area contributed by atoms with E-state index in [4.69, 9.17) is 14.2 Å². The number of carbonyl (C=O) groups excluding carboxylic acids is 4. The lowest BCUT2D eigenvalue weighted by molar-refractivity contribution is -0.219. The molecule has 1 amide bonds. The monoisotopic (exact) mass is 607 g/mol. The quantitative estimate of drug-likeness (QED) is 0.270. The van der Waals surface area contributed by atoms with Crippen LogP contribution in [0.25, 0.3) is 0 Å². The van der Waals surface area contributed by atoms with Crippen LogP contribution in [0.5, 0.6) is 0 Å². The first-order valence-corrected chi connectivity index (χ1v) is 15.2. The molecule has 0 aromatic rings. The molecule has 0 heterocycles. The molecular weight excluding hydrogens is 561 g/mol. The first-order chi connectivity index (χ1) is 19.9. The topological polar surface area (TPSA) is 148 Å². The molecule has 240 valence electrons. The first kappa shape index (κ1) is 33.1. The van der Waals surface area contributed by atoms with Crippen LogP contribution in [-0.4, -0.2) is 76.8 Å². The van der Waals surface area contributed by atoms with Gasteiger partial charge in [0, 0.05) is 23.3 Å². The summed E-state index contributed by atoms with van der Waals surface area (Å²) in [6.07, 6.45) is 3.30. The fraction of sp³-hybridized carbons (Fsp3) is 0.750. The maximum absolute atomic E-state index is 17.3. The van der Waals surface area contributed by atoms with Crippen molar-refractivity contribution in [3.8, 4) is 0 Å². The number of nitrogens with one attached hydrogen (secondary N) is 1. The lowest BCUT2D eigenvalue weighted by Crippen LogP contribution is -2.69. The highest BCUT2D eigenvalue weighted by atomic mass is 19.1. The van der Waals surface area contributed by atoms with Crippen LogP contribution in [-0.2, 0) is 23.8 Å². The van der Waals surface area contributed by atoms with Gasteiger partial charge < -0.3 is 29.7 Å². The molecule has 0 radical (unpaired) electrons. The van der Waals surface area contributed by atoms with Gasteiger partial charge in [-0.3, -0.25) is 9.59 Å². The number of halogens is 1. The summed E-state index contributed by atoms with van der Waals surface area (Å²) in [5.74, 6) is -2.56. The van der Waals surface area contributed by atoms with Crippen molar-refractivity contribution in [3.63, 3.8) is 0 Å². The van der Waals surface area contributed by atoms with Gasteiger partial charge in [-0.05, 0) is 90.2 Å². The highest BCUT2D eigenvalue weighted by molar-refractivity contribution is 6.01. The van der Waals surface area contributed by atoms with E-state index < -0.39 is 76.2 Å². The van der Waals surface area contributed by atoms with Crippen molar-refractivity contribution in [2.45, 2.75) is 103 Å². The van der Waals surface area contributed by atoms with Crippen molar-refractivity contribution >= 4 is 23.8 Å². The number of fused-ring (bicyclic) bond motifs is 5. The summed E-state index contributed by atoms with van der Waals surface area (Å²) in [5, 5.41) is 26.0. The molecule has 8 atom stereocenters. The molecule has 3 fully saturated rings. The minimum absolute atomic E-state index is 0.00514. The maximum Gasteiger partial charge on any atom is 0.508 e. The summed E-state index contributed by atoms with van der Waals surface area (Å²) in [7, 11) is 0. The van der Waals surface area contributed by atoms with Crippen molar-refractivity contribution in [1.82, 2.24) is 5.32 Å². The van der Waals surface area contributed by atoms with E-state index in [1.807, 2.05) is 0 Å². The average Bonchev–Trinajstić information content (AvgIpc) is 3.11. The summed E-state index contributed by atoms with van der Waals surface area (Å²) >= 11 is 0. The number of aliphatic hydroxyl groups is 2. The molecule has 43 heavy (non-hydrogen) atoms. The normalized spacial score (nSPS) is 38.3. The molecule has 4 aliphatic rings. The predicted molar refractivity (Wildman–Crippen MR) is 154 cm³/mol. The van der Waals surface area contributed by atoms with E-state index in [1.165, 1.54) is 12.2 Å². The maximum atomic E-state index is 17.3. The molecule has 10 nitrogen and oxygen atoms in total. The number of ether oxygens (including phenoxy) is 3. The minimum atomic E-state index is -2.07. The Morgan fingerprint density at radius 3 is 2.51 bits per heavy atom. The smallest absolute Gasteiger partial charge is 0.444 e. The molecular formula is C32H46FNO9. The van der Waals surface area contributed by atoms with E-state index in [9.17, 15) is 29.4 Å². The van der Waals surface area contributed by atoms with Crippen LogP contribution in [0.2, 0.25) is 0 Å². The Kier molecular flexibility index (Phi) is 8.94. The van der Waals surface area contributed by atoms with E-state index in [0.29, 0.717) is 44.2 Å². The van der Waals surface area contributed by atoms with Crippen LogP contribution < -0.4 is 5.32 Å². The van der Waals surface area contributed by atoms with Crippen molar-refractivity contribution in [3.05, 3.63) is 23.8 Å². The van der Waals surface area contributed by atoms with Gasteiger partial charge in [-0.2, -0.15) is 0 Å². The fourth-order valence-electron chi connectivity index (χ4n) is 8.30. The van der Waals surface area contributed by atoms with E-state index in [0.717, 1.165) is 0 Å². The van der Waals surface area contributed by atoms with Crippen LogP contribution in [0.15, 0.2) is 23.8 Å². The Morgan fingerprint density at radius 1 is 1.14 bits per heavy atom. The van der Waals surface area contributed by atoms with E-state index >= 15 is 4.39 Å². The van der Waals surface area contributed by atoms with Crippen molar-refractivity contribution in [2.24, 2.45) is 28.6 Å². The van der Waals surface area contributed by atoms with Crippen LogP contribution in [0, 0.1) is 28.6 Å². The van der Waals surface area contributed by atoms with Crippen LogP contribution in [0.1, 0.15) is 80.1 Å². The van der Waals surface area contributed by atoms with E-state index in [2.05, 4.69) is 5.32 Å². The van der Waals surface area contributed by atoms with Crippen molar-refractivity contribution in [2.75, 3.05) is 19.8 Å². The van der Waals surface area contributed by atoms with Gasteiger partial charge in [0.05, 0.1) is 12.7 Å². The Hall–Kier alpha value is -2.79. The molecule has 4 rings (SSSR count). The van der Waals surface area contributed by atoms with Gasteiger partial charge >= 0.3 is 12.2 Å². The van der Waals surface area contributed by atoms with Crippen LogP contribution in [0.4, 0.5) is 14.0 Å². The standard InChI is InChI=1S/C32H46FNO9/c1-19-15-23-22-10-9-20-16-21(35)11-12-29(20,5)31(22,33)24(36)17-30(23,6)32(19,40)25(37)18-42-27(39)41-14-8-7-13-34-26(38)43-28(2,3)4/h11-12,16,19,22-24,36,40H,7-10,13-15,17-18H2,1-6H3,(H,34,38)/t19-,22-,23-,24-,29-,30-,31-,32-/m0/s1. The molecule has 0 saturated heterocycles. The third-order valence-corrected chi connectivity index (χ3v) is 10.4. The molecule has 0 bridgehead atoms. The fourth-order valence-corrected chi connectivity index (χ4v) is 8.30. The molecule has 3 N–H and O–H groups in total. The number of amides is 1. The number of aliphatic hydroxyl groups excluding tert-OH is 1. The van der Waals surface area contributed by atoms with Crippen molar-refractivity contribution in [1.29, 1.82) is 0 Å². The summed E-state index contributed by atoms with van der Waals surface area (Å²) < 4.78 is 32.5. The van der Waals surface area contributed by atoms with Gasteiger partial charge in [0.2, 0.25) is 5.78 Å². The molecule has 0 aromatic carbocycles. The zero-order valence-corrected chi connectivity index (χ0v) is 26.0. The van der Waals surface area contributed by atoms with E-state index in [-0.39, 0.29) is 18.8 Å². The zero-order chi connectivity index (χ0) is 32.0. The van der Waals surface area contributed by atoms with Crippen molar-refractivity contribution < 1.29 is 48.0 Å². The number of hydrogen-bond donors (Lipinski definition) is 3. The largest absolute Gasteiger partial charge is 0.508 e. The number of alkyl halides is 1. The summed E-state index contributed by atoms with van der Waals surface area (Å²) in [5.41, 5.74) is -6.31. The average molecular weight is 608 g/mol. The van der Waals surface area contributed by atoms with Gasteiger partial charge in [-0.1, -0.05) is 25.5 Å². The number of ketones is 2. The van der Waals surface area contributed by atoms with Gasteiger partial charge in [-0.15, -0.1) is 0 Å². The third kappa shape index (κ3) is 5.63. The molecule has 11 heteroatoms. The SMILES string of the molecule is C[C@H]1C[C@H]2[C@@H]3CCC4=CC(=O)C=C[C@]4(C)[C@@]3(F)[C@@H](O)C[C@]2(C)[C@@]1(O)C(=O)COC(=O)OCCCCNC(=O)OC(C)(C)C. The Balaban J connectivity index is 1.34. The molecule has 4 aliphatic carbocycles. The van der Waals surface area contributed by atoms with Gasteiger partial charge in [0.15, 0.2) is 18.1 Å². The second-order valence-corrected chi connectivity index (χ2v) is 14.1. The number of unbranched alkanes of at least 4 members (excludes halogenated alkanes) is 1. The number of alkyl carbamates (subject to hydrolysis) is 1. The highest BCUT2D eigenvalue weighted by Crippen LogP contribution is 2.70. The third-order valence-electron chi connectivity index (χ3n) is 10.4. The van der Waals surface area contributed by atoms with Gasteiger partial charge in [-0.25, -0.2) is 14.0 Å². The van der Waals surface area contributed by atoms with Gasteiger partial charge in [0.25, 0.3) is 0 Å². The highest BCUT2D eigenvalue weighted by Gasteiger charge is 2.75. The number of rotatable bonds is 8. The first-order valence-electron chi connectivity index (χ1n) is 15.2. The number of Topliss-reactive ketones (excluding diaryl/α,β-unsaturated/α-hetero) is 1. The lowest BCUT2D eigenvalue weighted by atomic mass is 9.44. The van der Waals surface area contributed by atoms with E-state index in [1.54, 1.807) is 47.6 Å². The second kappa shape index (κ2) is 11.6. The molecule has 3 saturated carbocycles. The summed E-state index contributed by atoms with van der Waals surface area (Å²) in [6, 6.07) is 0. The second-order valence-electron chi connectivity index (χ2n) is 14.1. The van der Waals surface area contributed by atoms with Crippen LogP contribution >= 0.6 is 0 Å². The Morgan fingerprint density at radius 2 is 1.84 bits per heavy atom.